The van der Waals surface area contributed by atoms with Crippen LogP contribution in [-0.2, 0) is 6.42 Å². The lowest BCUT2D eigenvalue weighted by molar-refractivity contribution is 0.446. The average molecular weight is 415 g/mol. The van der Waals surface area contributed by atoms with Crippen molar-refractivity contribution in [1.82, 2.24) is 15.1 Å². The quantitative estimate of drug-likeness (QED) is 0.729. The smallest absolute Gasteiger partial charge is 0.0702 e. The third kappa shape index (κ3) is 4.18. The standard InChI is InChI=1S/C16H21Br2N3/c1-4-19-15(9-12-6-5-7-13(17)8-12)16-14(18)10-20-21(16)11(2)3/h5-8,10-11,15,19H,4,9H2,1-3H3. The fourth-order valence-corrected chi connectivity index (χ4v) is 3.50. The van der Waals surface area contributed by atoms with Gasteiger partial charge in [-0.3, -0.25) is 4.68 Å². The molecule has 0 saturated carbocycles. The summed E-state index contributed by atoms with van der Waals surface area (Å²) in [4.78, 5) is 0. The van der Waals surface area contributed by atoms with E-state index in [2.05, 4.69) is 92.0 Å². The van der Waals surface area contributed by atoms with Crippen LogP contribution in [-0.4, -0.2) is 16.3 Å². The van der Waals surface area contributed by atoms with E-state index in [0.717, 1.165) is 21.9 Å². The van der Waals surface area contributed by atoms with E-state index in [1.807, 2.05) is 6.20 Å². The van der Waals surface area contributed by atoms with Crippen LogP contribution in [0.15, 0.2) is 39.4 Å². The molecular formula is C16H21Br2N3. The van der Waals surface area contributed by atoms with Gasteiger partial charge in [-0.05, 0) is 60.4 Å². The Kier molecular flexibility index (Phi) is 6.02. The maximum absolute atomic E-state index is 4.50. The highest BCUT2D eigenvalue weighted by Gasteiger charge is 2.21. The Morgan fingerprint density at radius 2 is 2.05 bits per heavy atom. The van der Waals surface area contributed by atoms with Gasteiger partial charge in [0.25, 0.3) is 0 Å². The number of nitrogens with one attached hydrogen (secondary N) is 1. The molecule has 0 aliphatic heterocycles. The first kappa shape index (κ1) is 16.7. The van der Waals surface area contributed by atoms with Crippen LogP contribution < -0.4 is 5.32 Å². The first-order chi connectivity index (χ1) is 10.0. The molecule has 0 bridgehead atoms. The molecule has 21 heavy (non-hydrogen) atoms. The largest absolute Gasteiger partial charge is 0.309 e. The van der Waals surface area contributed by atoms with Crippen molar-refractivity contribution in [2.75, 3.05) is 6.54 Å². The number of benzene rings is 1. The van der Waals surface area contributed by atoms with Crippen LogP contribution in [0.25, 0.3) is 0 Å². The van der Waals surface area contributed by atoms with Crippen LogP contribution in [0.1, 0.15) is 44.1 Å². The van der Waals surface area contributed by atoms with Gasteiger partial charge in [0, 0.05) is 10.5 Å². The molecule has 1 atom stereocenters. The molecule has 0 radical (unpaired) electrons. The Morgan fingerprint density at radius 1 is 1.29 bits per heavy atom. The molecule has 1 heterocycles. The molecule has 1 N–H and O–H groups in total. The van der Waals surface area contributed by atoms with Gasteiger partial charge in [-0.15, -0.1) is 0 Å². The number of aromatic nitrogens is 2. The van der Waals surface area contributed by atoms with Crippen LogP contribution in [0.3, 0.4) is 0 Å². The summed E-state index contributed by atoms with van der Waals surface area (Å²) in [5, 5.41) is 8.08. The molecule has 5 heteroatoms. The molecule has 1 aromatic heterocycles. The van der Waals surface area contributed by atoms with E-state index in [4.69, 9.17) is 0 Å². The monoisotopic (exact) mass is 413 g/mol. The van der Waals surface area contributed by atoms with Crippen molar-refractivity contribution in [3.63, 3.8) is 0 Å². The highest BCUT2D eigenvalue weighted by molar-refractivity contribution is 9.10. The van der Waals surface area contributed by atoms with E-state index in [-0.39, 0.29) is 6.04 Å². The van der Waals surface area contributed by atoms with Crippen molar-refractivity contribution in [2.24, 2.45) is 0 Å². The summed E-state index contributed by atoms with van der Waals surface area (Å²) < 4.78 is 4.28. The number of rotatable bonds is 6. The van der Waals surface area contributed by atoms with Crippen molar-refractivity contribution in [2.45, 2.75) is 39.3 Å². The zero-order chi connectivity index (χ0) is 15.4. The van der Waals surface area contributed by atoms with E-state index >= 15 is 0 Å². The molecule has 1 aromatic carbocycles. The minimum absolute atomic E-state index is 0.239. The summed E-state index contributed by atoms with van der Waals surface area (Å²) in [5.41, 5.74) is 2.52. The van der Waals surface area contributed by atoms with Crippen molar-refractivity contribution in [3.8, 4) is 0 Å². The van der Waals surface area contributed by atoms with Crippen LogP contribution in [0.5, 0.6) is 0 Å². The summed E-state index contributed by atoms with van der Waals surface area (Å²) in [5.74, 6) is 0. The molecular weight excluding hydrogens is 394 g/mol. The van der Waals surface area contributed by atoms with Crippen LogP contribution in [0.2, 0.25) is 0 Å². The number of hydrogen-bond donors (Lipinski definition) is 1. The summed E-state index contributed by atoms with van der Waals surface area (Å²) in [6, 6.07) is 9.06. The SMILES string of the molecule is CCNC(Cc1cccc(Br)c1)c1c(Br)cnn1C(C)C. The molecule has 0 fully saturated rings. The molecule has 0 amide bonds. The Labute approximate surface area is 143 Å². The average Bonchev–Trinajstić information content (AvgIpc) is 2.80. The summed E-state index contributed by atoms with van der Waals surface area (Å²) in [6.45, 7) is 7.38. The highest BCUT2D eigenvalue weighted by Crippen LogP contribution is 2.29. The molecule has 2 rings (SSSR count). The fraction of sp³-hybridized carbons (Fsp3) is 0.438. The summed E-state index contributed by atoms with van der Waals surface area (Å²) >= 11 is 7.20. The number of likely N-dealkylation sites (N-methyl/N-ethyl adjacent to an activating group) is 1. The van der Waals surface area contributed by atoms with Gasteiger partial charge in [-0.1, -0.05) is 35.0 Å². The predicted octanol–water partition coefficient (Wildman–Crippen LogP) is 4.88. The van der Waals surface area contributed by atoms with E-state index in [0.29, 0.717) is 6.04 Å². The third-order valence-electron chi connectivity index (χ3n) is 3.39. The maximum Gasteiger partial charge on any atom is 0.0702 e. The van der Waals surface area contributed by atoms with Gasteiger partial charge in [-0.2, -0.15) is 5.10 Å². The number of nitrogens with zero attached hydrogens (tertiary/aromatic N) is 2. The summed E-state index contributed by atoms with van der Waals surface area (Å²) in [7, 11) is 0. The first-order valence-electron chi connectivity index (χ1n) is 7.23. The fourth-order valence-electron chi connectivity index (χ4n) is 2.50. The Bertz CT molecular complexity index is 593. The lowest BCUT2D eigenvalue weighted by Crippen LogP contribution is -2.26. The lowest BCUT2D eigenvalue weighted by Gasteiger charge is -2.22. The van der Waals surface area contributed by atoms with E-state index in [9.17, 15) is 0 Å². The summed E-state index contributed by atoms with van der Waals surface area (Å²) in [6.07, 6.45) is 2.82. The predicted molar refractivity (Wildman–Crippen MR) is 94.6 cm³/mol. The molecule has 0 saturated heterocycles. The van der Waals surface area contributed by atoms with Crippen LogP contribution in [0.4, 0.5) is 0 Å². The van der Waals surface area contributed by atoms with Gasteiger partial charge in [-0.25, -0.2) is 0 Å². The second kappa shape index (κ2) is 7.56. The van der Waals surface area contributed by atoms with Gasteiger partial charge < -0.3 is 5.32 Å². The van der Waals surface area contributed by atoms with E-state index in [1.54, 1.807) is 0 Å². The van der Waals surface area contributed by atoms with Gasteiger partial charge in [0.2, 0.25) is 0 Å². The van der Waals surface area contributed by atoms with Gasteiger partial charge in [0.1, 0.15) is 0 Å². The van der Waals surface area contributed by atoms with Crippen molar-refractivity contribution in [3.05, 3.63) is 50.7 Å². The van der Waals surface area contributed by atoms with Crippen molar-refractivity contribution < 1.29 is 0 Å². The maximum atomic E-state index is 4.50. The van der Waals surface area contributed by atoms with Gasteiger partial charge in [0.15, 0.2) is 0 Å². The van der Waals surface area contributed by atoms with Crippen LogP contribution >= 0.6 is 31.9 Å². The number of halogens is 2. The molecule has 0 aliphatic rings. The molecule has 114 valence electrons. The zero-order valence-corrected chi connectivity index (χ0v) is 15.8. The van der Waals surface area contributed by atoms with Gasteiger partial charge in [0.05, 0.1) is 22.4 Å². The molecule has 0 spiro atoms. The topological polar surface area (TPSA) is 29.9 Å². The molecule has 2 aromatic rings. The first-order valence-corrected chi connectivity index (χ1v) is 8.82. The minimum atomic E-state index is 0.239. The molecule has 3 nitrogen and oxygen atoms in total. The highest BCUT2D eigenvalue weighted by atomic mass is 79.9. The Balaban J connectivity index is 2.33. The van der Waals surface area contributed by atoms with Crippen molar-refractivity contribution >= 4 is 31.9 Å². The van der Waals surface area contributed by atoms with E-state index < -0.39 is 0 Å². The van der Waals surface area contributed by atoms with E-state index in [1.165, 1.54) is 11.3 Å². The van der Waals surface area contributed by atoms with Crippen LogP contribution in [0, 0.1) is 0 Å². The molecule has 0 aliphatic carbocycles. The van der Waals surface area contributed by atoms with Crippen molar-refractivity contribution in [1.29, 1.82) is 0 Å². The molecule has 1 unspecified atom stereocenters. The minimum Gasteiger partial charge on any atom is -0.309 e. The second-order valence-electron chi connectivity index (χ2n) is 5.36. The lowest BCUT2D eigenvalue weighted by atomic mass is 10.0. The zero-order valence-electron chi connectivity index (χ0n) is 12.6. The van der Waals surface area contributed by atoms with Gasteiger partial charge >= 0.3 is 0 Å². The number of hydrogen-bond acceptors (Lipinski definition) is 2. The Morgan fingerprint density at radius 3 is 2.67 bits per heavy atom. The second-order valence-corrected chi connectivity index (χ2v) is 7.13. The Hall–Kier alpha value is -0.650. The third-order valence-corrected chi connectivity index (χ3v) is 4.49. The normalized spacial score (nSPS) is 12.9.